The molecule has 0 aromatic heterocycles. The van der Waals surface area contributed by atoms with Crippen LogP contribution in [0.5, 0.6) is 5.75 Å². The summed E-state index contributed by atoms with van der Waals surface area (Å²) in [6, 6.07) is 6.00. The Morgan fingerprint density at radius 3 is 2.43 bits per heavy atom. The molecule has 4 N–H and O–H groups in total. The van der Waals surface area contributed by atoms with Gasteiger partial charge >= 0.3 is 0 Å². The number of ether oxygens (including phenoxy) is 2. The third kappa shape index (κ3) is 3.58. The molecular formula is C14H19NO6. The SMILES string of the molecule is COc1ccc(C=NC2C(O)OC(CO)C(O)C2O)cc1. The predicted octanol–water partition coefficient (Wildman–Crippen LogP) is -1.09. The van der Waals surface area contributed by atoms with Crippen molar-refractivity contribution >= 4 is 6.21 Å². The molecule has 1 fully saturated rings. The van der Waals surface area contributed by atoms with Crippen molar-refractivity contribution in [2.24, 2.45) is 4.99 Å². The molecule has 0 saturated carbocycles. The second-order valence-corrected chi connectivity index (χ2v) is 4.77. The van der Waals surface area contributed by atoms with E-state index in [1.54, 1.807) is 31.4 Å². The Bertz CT molecular complexity index is 477. The van der Waals surface area contributed by atoms with Crippen LogP contribution in [0.3, 0.4) is 0 Å². The van der Waals surface area contributed by atoms with E-state index >= 15 is 0 Å². The van der Waals surface area contributed by atoms with Gasteiger partial charge in [0.1, 0.15) is 30.1 Å². The number of hydrogen-bond acceptors (Lipinski definition) is 7. The fraction of sp³-hybridized carbons (Fsp3) is 0.500. The highest BCUT2D eigenvalue weighted by molar-refractivity contribution is 5.79. The number of benzene rings is 1. The highest BCUT2D eigenvalue weighted by Crippen LogP contribution is 2.22. The van der Waals surface area contributed by atoms with Crippen molar-refractivity contribution in [3.63, 3.8) is 0 Å². The van der Waals surface area contributed by atoms with Crippen molar-refractivity contribution in [3.05, 3.63) is 29.8 Å². The van der Waals surface area contributed by atoms with Crippen LogP contribution in [0.1, 0.15) is 5.56 Å². The first-order valence-electron chi connectivity index (χ1n) is 6.54. The minimum atomic E-state index is -1.39. The monoisotopic (exact) mass is 297 g/mol. The van der Waals surface area contributed by atoms with E-state index in [4.69, 9.17) is 14.6 Å². The van der Waals surface area contributed by atoms with Gasteiger partial charge in [0, 0.05) is 6.21 Å². The molecule has 5 atom stereocenters. The Balaban J connectivity index is 2.08. The van der Waals surface area contributed by atoms with Crippen LogP contribution in [0.2, 0.25) is 0 Å². The molecule has 1 heterocycles. The number of aliphatic hydroxyl groups is 4. The zero-order valence-corrected chi connectivity index (χ0v) is 11.5. The zero-order chi connectivity index (χ0) is 15.4. The van der Waals surface area contributed by atoms with Crippen LogP contribution in [0.25, 0.3) is 0 Å². The lowest BCUT2D eigenvalue weighted by Crippen LogP contribution is -2.57. The van der Waals surface area contributed by atoms with Crippen molar-refractivity contribution in [2.45, 2.75) is 30.6 Å². The molecule has 1 aromatic rings. The van der Waals surface area contributed by atoms with Crippen LogP contribution in [-0.4, -0.2) is 71.0 Å². The summed E-state index contributed by atoms with van der Waals surface area (Å²) in [7, 11) is 1.56. The van der Waals surface area contributed by atoms with Gasteiger partial charge in [-0.05, 0) is 29.8 Å². The summed E-state index contributed by atoms with van der Waals surface area (Å²) in [6.07, 6.45) is -3.58. The first kappa shape index (κ1) is 15.9. The lowest BCUT2D eigenvalue weighted by Gasteiger charge is -2.38. The molecule has 5 unspecified atom stereocenters. The number of aliphatic imine (C=N–C) groups is 1. The minimum Gasteiger partial charge on any atom is -0.497 e. The van der Waals surface area contributed by atoms with Crippen molar-refractivity contribution in [2.75, 3.05) is 13.7 Å². The summed E-state index contributed by atoms with van der Waals surface area (Å²) in [5.41, 5.74) is 0.744. The van der Waals surface area contributed by atoms with Crippen molar-refractivity contribution < 1.29 is 29.9 Å². The molecule has 1 aliphatic heterocycles. The molecule has 116 valence electrons. The predicted molar refractivity (Wildman–Crippen MR) is 74.4 cm³/mol. The highest BCUT2D eigenvalue weighted by atomic mass is 16.6. The molecular weight excluding hydrogens is 278 g/mol. The van der Waals surface area contributed by atoms with Crippen LogP contribution < -0.4 is 4.74 Å². The number of nitrogens with zero attached hydrogens (tertiary/aromatic N) is 1. The van der Waals surface area contributed by atoms with Gasteiger partial charge in [-0.25, -0.2) is 0 Å². The molecule has 0 aliphatic carbocycles. The summed E-state index contributed by atoms with van der Waals surface area (Å²) >= 11 is 0. The molecule has 0 spiro atoms. The number of aliphatic hydroxyl groups excluding tert-OH is 4. The number of hydrogen-bond donors (Lipinski definition) is 4. The first-order chi connectivity index (χ1) is 10.1. The molecule has 2 rings (SSSR count). The number of methoxy groups -OCH3 is 1. The fourth-order valence-electron chi connectivity index (χ4n) is 2.11. The van der Waals surface area contributed by atoms with Gasteiger partial charge in [0.2, 0.25) is 0 Å². The standard InChI is InChI=1S/C14H19NO6/c1-20-9-4-2-8(3-5-9)6-15-11-13(18)12(17)10(7-16)21-14(11)19/h2-6,10-14,16-19H,7H2,1H3. The van der Waals surface area contributed by atoms with Crippen molar-refractivity contribution in [1.82, 2.24) is 0 Å². The van der Waals surface area contributed by atoms with E-state index in [-0.39, 0.29) is 0 Å². The van der Waals surface area contributed by atoms with Crippen LogP contribution in [0.15, 0.2) is 29.3 Å². The summed E-state index contributed by atoms with van der Waals surface area (Å²) in [6.45, 7) is -0.496. The summed E-state index contributed by atoms with van der Waals surface area (Å²) in [4.78, 5) is 4.06. The van der Waals surface area contributed by atoms with E-state index in [1.165, 1.54) is 6.21 Å². The van der Waals surface area contributed by atoms with Gasteiger partial charge in [-0.2, -0.15) is 0 Å². The van der Waals surface area contributed by atoms with E-state index in [0.717, 1.165) is 5.56 Å². The van der Waals surface area contributed by atoms with Gasteiger partial charge in [0.15, 0.2) is 6.29 Å². The van der Waals surface area contributed by atoms with Crippen molar-refractivity contribution in [3.8, 4) is 5.75 Å². The highest BCUT2D eigenvalue weighted by Gasteiger charge is 2.43. The molecule has 1 saturated heterocycles. The Kier molecular flexibility index (Phi) is 5.27. The van der Waals surface area contributed by atoms with Gasteiger partial charge in [-0.1, -0.05) is 0 Å². The van der Waals surface area contributed by atoms with E-state index in [1.807, 2.05) is 0 Å². The smallest absolute Gasteiger partial charge is 0.180 e. The summed E-state index contributed by atoms with van der Waals surface area (Å²) in [5.74, 6) is 0.703. The van der Waals surface area contributed by atoms with Gasteiger partial charge in [-0.15, -0.1) is 0 Å². The Morgan fingerprint density at radius 1 is 1.19 bits per heavy atom. The second-order valence-electron chi connectivity index (χ2n) is 4.77. The third-order valence-corrected chi connectivity index (χ3v) is 3.38. The van der Waals surface area contributed by atoms with Gasteiger partial charge in [0.25, 0.3) is 0 Å². The van der Waals surface area contributed by atoms with Crippen LogP contribution >= 0.6 is 0 Å². The van der Waals surface area contributed by atoms with Gasteiger partial charge in [0.05, 0.1) is 13.7 Å². The second kappa shape index (κ2) is 6.97. The van der Waals surface area contributed by atoms with Gasteiger partial charge in [-0.3, -0.25) is 4.99 Å². The molecule has 0 amide bonds. The topological polar surface area (TPSA) is 112 Å². The zero-order valence-electron chi connectivity index (χ0n) is 11.5. The average Bonchev–Trinajstić information content (AvgIpc) is 2.51. The van der Waals surface area contributed by atoms with E-state index < -0.39 is 37.3 Å². The minimum absolute atomic E-state index is 0.496. The van der Waals surface area contributed by atoms with Crippen molar-refractivity contribution in [1.29, 1.82) is 0 Å². The lowest BCUT2D eigenvalue weighted by molar-refractivity contribution is -0.248. The van der Waals surface area contributed by atoms with E-state index in [2.05, 4.69) is 4.99 Å². The fourth-order valence-corrected chi connectivity index (χ4v) is 2.11. The molecule has 7 nitrogen and oxygen atoms in total. The van der Waals surface area contributed by atoms with Gasteiger partial charge < -0.3 is 29.9 Å². The normalized spacial score (nSPS) is 33.3. The van der Waals surface area contributed by atoms with Crippen LogP contribution in [0, 0.1) is 0 Å². The maximum atomic E-state index is 9.93. The van der Waals surface area contributed by atoms with Crippen LogP contribution in [-0.2, 0) is 4.74 Å². The molecule has 21 heavy (non-hydrogen) atoms. The summed E-state index contributed by atoms with van der Waals surface area (Å²) < 4.78 is 10.1. The molecule has 1 aliphatic rings. The first-order valence-corrected chi connectivity index (χ1v) is 6.54. The summed E-state index contributed by atoms with van der Waals surface area (Å²) in [5, 5.41) is 38.5. The quantitative estimate of drug-likeness (QED) is 0.526. The Hall–Kier alpha value is -1.51. The molecule has 0 radical (unpaired) electrons. The van der Waals surface area contributed by atoms with Crippen LogP contribution in [0.4, 0.5) is 0 Å². The maximum Gasteiger partial charge on any atom is 0.180 e. The molecule has 0 bridgehead atoms. The molecule has 1 aromatic carbocycles. The van der Waals surface area contributed by atoms with E-state index in [9.17, 15) is 15.3 Å². The third-order valence-electron chi connectivity index (χ3n) is 3.38. The maximum absolute atomic E-state index is 9.93. The largest absolute Gasteiger partial charge is 0.497 e. The van der Waals surface area contributed by atoms with E-state index in [0.29, 0.717) is 5.75 Å². The average molecular weight is 297 g/mol. The number of rotatable bonds is 4. The molecule has 7 heteroatoms. The lowest BCUT2D eigenvalue weighted by atomic mass is 9.97. The Labute approximate surface area is 122 Å². The Morgan fingerprint density at radius 2 is 1.86 bits per heavy atom.